The zero-order chi connectivity index (χ0) is 14.7. The van der Waals surface area contributed by atoms with E-state index in [1.807, 2.05) is 20.0 Å². The number of hydrogen-bond donors (Lipinski definition) is 1. The van der Waals surface area contributed by atoms with Gasteiger partial charge in [-0.1, -0.05) is 61.8 Å². The van der Waals surface area contributed by atoms with Gasteiger partial charge in [-0.15, -0.1) is 0 Å². The van der Waals surface area contributed by atoms with Crippen LogP contribution in [-0.4, -0.2) is 7.05 Å². The van der Waals surface area contributed by atoms with Gasteiger partial charge in [-0.3, -0.25) is 0 Å². The van der Waals surface area contributed by atoms with Crippen LogP contribution in [0.2, 0.25) is 5.02 Å². The van der Waals surface area contributed by atoms with Crippen molar-refractivity contribution in [1.29, 1.82) is 0 Å². The van der Waals surface area contributed by atoms with Gasteiger partial charge in [0.05, 0.1) is 6.04 Å². The van der Waals surface area contributed by atoms with Crippen molar-refractivity contribution >= 4 is 11.6 Å². The highest BCUT2D eigenvalue weighted by molar-refractivity contribution is 6.31. The van der Waals surface area contributed by atoms with Crippen molar-refractivity contribution < 1.29 is 0 Å². The molecule has 1 nitrogen and oxygen atoms in total. The van der Waals surface area contributed by atoms with Crippen molar-refractivity contribution in [3.63, 3.8) is 0 Å². The van der Waals surface area contributed by atoms with Crippen molar-refractivity contribution in [3.05, 3.63) is 69.7 Å². The Labute approximate surface area is 127 Å². The highest BCUT2D eigenvalue weighted by atomic mass is 35.5. The number of nitrogens with one attached hydrogen (secondary N) is 1. The van der Waals surface area contributed by atoms with E-state index in [0.29, 0.717) is 5.92 Å². The summed E-state index contributed by atoms with van der Waals surface area (Å²) in [6.45, 7) is 6.47. The molecule has 0 bridgehead atoms. The Hall–Kier alpha value is -1.31. The van der Waals surface area contributed by atoms with Crippen molar-refractivity contribution in [2.75, 3.05) is 7.05 Å². The normalized spacial score (nSPS) is 12.7. The lowest BCUT2D eigenvalue weighted by atomic mass is 9.94. The monoisotopic (exact) mass is 287 g/mol. The summed E-state index contributed by atoms with van der Waals surface area (Å²) in [7, 11) is 1.99. The van der Waals surface area contributed by atoms with E-state index in [0.717, 1.165) is 10.6 Å². The first-order chi connectivity index (χ1) is 9.52. The van der Waals surface area contributed by atoms with Gasteiger partial charge in [0.2, 0.25) is 0 Å². The minimum atomic E-state index is 0.201. The maximum Gasteiger partial charge on any atom is 0.0574 e. The van der Waals surface area contributed by atoms with Crippen LogP contribution < -0.4 is 5.32 Å². The highest BCUT2D eigenvalue weighted by Crippen LogP contribution is 2.26. The van der Waals surface area contributed by atoms with Crippen LogP contribution in [0.15, 0.2) is 42.5 Å². The van der Waals surface area contributed by atoms with Gasteiger partial charge in [0.25, 0.3) is 0 Å². The van der Waals surface area contributed by atoms with Crippen molar-refractivity contribution in [2.45, 2.75) is 32.7 Å². The summed E-state index contributed by atoms with van der Waals surface area (Å²) in [5.74, 6) is 0.565. The largest absolute Gasteiger partial charge is 0.309 e. The molecular formula is C18H22ClN. The van der Waals surface area contributed by atoms with E-state index < -0.39 is 0 Å². The summed E-state index contributed by atoms with van der Waals surface area (Å²) in [5, 5.41) is 4.21. The minimum absolute atomic E-state index is 0.201. The molecule has 2 rings (SSSR count). The van der Waals surface area contributed by atoms with E-state index in [4.69, 9.17) is 11.6 Å². The molecule has 2 aromatic rings. The molecule has 1 atom stereocenters. The fourth-order valence-electron chi connectivity index (χ4n) is 2.45. The van der Waals surface area contributed by atoms with Crippen LogP contribution in [0, 0.1) is 6.92 Å². The molecule has 20 heavy (non-hydrogen) atoms. The molecule has 0 aromatic heterocycles. The Kier molecular flexibility index (Phi) is 4.85. The molecule has 0 radical (unpaired) electrons. The predicted octanol–water partition coefficient (Wildman–Crippen LogP) is 5.08. The molecule has 0 saturated heterocycles. The second-order valence-corrected chi connectivity index (χ2v) is 5.96. The summed E-state index contributed by atoms with van der Waals surface area (Å²) in [6.07, 6.45) is 0. The van der Waals surface area contributed by atoms with Gasteiger partial charge in [0.15, 0.2) is 0 Å². The standard InChI is InChI=1S/C18H22ClN/c1-12(2)14-5-7-15(8-6-14)18(20-4)16-9-10-17(19)13(3)11-16/h5-12,18,20H,1-4H3. The fraction of sp³-hybridized carbons (Fsp3) is 0.333. The highest BCUT2D eigenvalue weighted by Gasteiger charge is 2.13. The number of hydrogen-bond acceptors (Lipinski definition) is 1. The third-order valence-electron chi connectivity index (χ3n) is 3.74. The average Bonchev–Trinajstić information content (AvgIpc) is 2.44. The molecule has 0 heterocycles. The summed E-state index contributed by atoms with van der Waals surface area (Å²) in [6, 6.07) is 15.3. The summed E-state index contributed by atoms with van der Waals surface area (Å²) < 4.78 is 0. The average molecular weight is 288 g/mol. The second-order valence-electron chi connectivity index (χ2n) is 5.55. The van der Waals surface area contributed by atoms with Crippen molar-refractivity contribution in [2.24, 2.45) is 0 Å². The smallest absolute Gasteiger partial charge is 0.0574 e. The van der Waals surface area contributed by atoms with E-state index in [2.05, 4.69) is 55.6 Å². The maximum absolute atomic E-state index is 6.11. The molecule has 106 valence electrons. The zero-order valence-electron chi connectivity index (χ0n) is 12.6. The summed E-state index contributed by atoms with van der Waals surface area (Å²) in [4.78, 5) is 0. The van der Waals surface area contributed by atoms with Gasteiger partial charge in [-0.05, 0) is 48.2 Å². The van der Waals surface area contributed by atoms with Crippen LogP contribution in [0.3, 0.4) is 0 Å². The molecule has 0 saturated carbocycles. The Bertz CT molecular complexity index is 572. The lowest BCUT2D eigenvalue weighted by Crippen LogP contribution is -2.17. The summed E-state index contributed by atoms with van der Waals surface area (Å²) >= 11 is 6.11. The molecule has 1 N–H and O–H groups in total. The lowest BCUT2D eigenvalue weighted by molar-refractivity contribution is 0.690. The molecule has 0 aliphatic heterocycles. The molecule has 0 aliphatic rings. The van der Waals surface area contributed by atoms with Gasteiger partial charge in [0.1, 0.15) is 0 Å². The van der Waals surface area contributed by atoms with Crippen LogP contribution >= 0.6 is 11.6 Å². The van der Waals surface area contributed by atoms with Crippen molar-refractivity contribution in [1.82, 2.24) is 5.32 Å². The van der Waals surface area contributed by atoms with E-state index in [1.54, 1.807) is 0 Å². The quantitative estimate of drug-likeness (QED) is 0.827. The van der Waals surface area contributed by atoms with Gasteiger partial charge in [-0.25, -0.2) is 0 Å². The number of rotatable bonds is 4. The van der Waals surface area contributed by atoms with Crippen LogP contribution in [-0.2, 0) is 0 Å². The predicted molar refractivity (Wildman–Crippen MR) is 87.6 cm³/mol. The van der Waals surface area contributed by atoms with Crippen LogP contribution in [0.5, 0.6) is 0 Å². The van der Waals surface area contributed by atoms with Gasteiger partial charge < -0.3 is 5.32 Å². The first kappa shape index (κ1) is 15.1. The first-order valence-electron chi connectivity index (χ1n) is 7.06. The maximum atomic E-state index is 6.11. The van der Waals surface area contributed by atoms with E-state index in [-0.39, 0.29) is 6.04 Å². The Balaban J connectivity index is 2.33. The Morgan fingerprint density at radius 2 is 1.45 bits per heavy atom. The van der Waals surface area contributed by atoms with E-state index >= 15 is 0 Å². The van der Waals surface area contributed by atoms with Gasteiger partial charge in [-0.2, -0.15) is 0 Å². The molecule has 1 unspecified atom stereocenters. The molecule has 0 amide bonds. The van der Waals surface area contributed by atoms with E-state index in [1.165, 1.54) is 16.7 Å². The molecular weight excluding hydrogens is 266 g/mol. The number of aryl methyl sites for hydroxylation is 1. The van der Waals surface area contributed by atoms with Crippen molar-refractivity contribution in [3.8, 4) is 0 Å². The molecule has 2 aromatic carbocycles. The SMILES string of the molecule is CNC(c1ccc(C(C)C)cc1)c1ccc(Cl)c(C)c1. The molecule has 2 heteroatoms. The topological polar surface area (TPSA) is 12.0 Å². The second kappa shape index (κ2) is 6.43. The Morgan fingerprint density at radius 3 is 1.95 bits per heavy atom. The fourth-order valence-corrected chi connectivity index (χ4v) is 2.56. The lowest BCUT2D eigenvalue weighted by Gasteiger charge is -2.19. The zero-order valence-corrected chi connectivity index (χ0v) is 13.3. The van der Waals surface area contributed by atoms with Gasteiger partial charge >= 0.3 is 0 Å². The summed E-state index contributed by atoms with van der Waals surface area (Å²) in [5.41, 5.74) is 5.00. The van der Waals surface area contributed by atoms with Crippen LogP contribution in [0.4, 0.5) is 0 Å². The van der Waals surface area contributed by atoms with Crippen LogP contribution in [0.25, 0.3) is 0 Å². The third-order valence-corrected chi connectivity index (χ3v) is 4.16. The third kappa shape index (κ3) is 3.23. The van der Waals surface area contributed by atoms with E-state index in [9.17, 15) is 0 Å². The minimum Gasteiger partial charge on any atom is -0.309 e. The number of benzene rings is 2. The molecule has 0 fully saturated rings. The molecule has 0 aliphatic carbocycles. The Morgan fingerprint density at radius 1 is 0.900 bits per heavy atom. The van der Waals surface area contributed by atoms with Gasteiger partial charge in [0, 0.05) is 5.02 Å². The molecule has 0 spiro atoms. The first-order valence-corrected chi connectivity index (χ1v) is 7.44. The number of halogens is 1. The van der Waals surface area contributed by atoms with Crippen LogP contribution in [0.1, 0.15) is 48.1 Å².